The van der Waals surface area contributed by atoms with Gasteiger partial charge in [-0.15, -0.1) is 11.6 Å². The number of aromatic nitrogens is 2. The lowest BCUT2D eigenvalue weighted by Gasteiger charge is -2.38. The molecule has 4 aromatic rings. The van der Waals surface area contributed by atoms with E-state index in [9.17, 15) is 9.59 Å². The van der Waals surface area contributed by atoms with Crippen molar-refractivity contribution in [2.75, 3.05) is 14.2 Å². The molecule has 0 bridgehead atoms. The second-order valence-corrected chi connectivity index (χ2v) is 10.0. The van der Waals surface area contributed by atoms with Crippen LogP contribution in [0.3, 0.4) is 0 Å². The van der Waals surface area contributed by atoms with Crippen LogP contribution in [0.5, 0.6) is 11.6 Å². The number of allylic oxidation sites excluding steroid dienone is 4. The lowest BCUT2D eigenvalue weighted by Crippen LogP contribution is -2.39. The van der Waals surface area contributed by atoms with Crippen molar-refractivity contribution >= 4 is 63.9 Å². The molecule has 0 fully saturated rings. The maximum atomic E-state index is 11.6. The van der Waals surface area contributed by atoms with Crippen molar-refractivity contribution in [1.82, 2.24) is 9.97 Å². The third-order valence-corrected chi connectivity index (χ3v) is 7.99. The SMILES string of the molecule is COc1nc(C2(c3ccc4c(OC)c(C=O)cc(Cl)c4n3)C=CC=C(c3ccccc3Cl)C2Cl)ccc1C=O. The Morgan fingerprint density at radius 1 is 0.872 bits per heavy atom. The molecule has 2 atom stereocenters. The van der Waals surface area contributed by atoms with Crippen LogP contribution in [-0.2, 0) is 5.41 Å². The van der Waals surface area contributed by atoms with Gasteiger partial charge in [0.25, 0.3) is 0 Å². The number of benzene rings is 2. The van der Waals surface area contributed by atoms with Gasteiger partial charge in [0.15, 0.2) is 12.6 Å². The van der Waals surface area contributed by atoms with E-state index in [0.29, 0.717) is 56.8 Å². The number of hydrogen-bond acceptors (Lipinski definition) is 6. The molecule has 0 N–H and O–H groups in total. The van der Waals surface area contributed by atoms with Gasteiger partial charge in [0, 0.05) is 10.4 Å². The summed E-state index contributed by atoms with van der Waals surface area (Å²) in [6, 6.07) is 15.9. The van der Waals surface area contributed by atoms with Crippen molar-refractivity contribution in [1.29, 1.82) is 0 Å². The van der Waals surface area contributed by atoms with Gasteiger partial charge >= 0.3 is 0 Å². The number of carbonyl (C=O) groups excluding carboxylic acids is 2. The highest BCUT2D eigenvalue weighted by Crippen LogP contribution is 2.48. The number of aldehydes is 2. The summed E-state index contributed by atoms with van der Waals surface area (Å²) < 4.78 is 10.9. The highest BCUT2D eigenvalue weighted by Gasteiger charge is 2.46. The Balaban J connectivity index is 1.81. The lowest BCUT2D eigenvalue weighted by molar-refractivity contribution is 0.111. The Bertz CT molecular complexity index is 1680. The Labute approximate surface area is 239 Å². The molecule has 2 heterocycles. The van der Waals surface area contributed by atoms with Gasteiger partial charge in [-0.3, -0.25) is 9.59 Å². The predicted octanol–water partition coefficient (Wildman–Crippen LogP) is 7.13. The normalized spacial score (nSPS) is 18.5. The lowest BCUT2D eigenvalue weighted by atomic mass is 9.70. The minimum absolute atomic E-state index is 0.157. The summed E-state index contributed by atoms with van der Waals surface area (Å²) in [7, 11) is 2.93. The summed E-state index contributed by atoms with van der Waals surface area (Å²) in [5.41, 5.74) is 2.45. The number of halogens is 3. The summed E-state index contributed by atoms with van der Waals surface area (Å²) in [6.45, 7) is 0. The first-order valence-electron chi connectivity index (χ1n) is 11.8. The van der Waals surface area contributed by atoms with Crippen LogP contribution in [0, 0.1) is 0 Å². The highest BCUT2D eigenvalue weighted by molar-refractivity contribution is 6.36. The van der Waals surface area contributed by atoms with Crippen molar-refractivity contribution in [3.05, 3.63) is 111 Å². The molecule has 2 unspecified atom stereocenters. The average molecular weight is 580 g/mol. The number of ether oxygens (including phenoxy) is 2. The van der Waals surface area contributed by atoms with Crippen molar-refractivity contribution in [2.45, 2.75) is 10.8 Å². The number of fused-ring (bicyclic) bond motifs is 1. The molecular weight excluding hydrogens is 559 g/mol. The monoisotopic (exact) mass is 578 g/mol. The molecule has 0 saturated carbocycles. The predicted molar refractivity (Wildman–Crippen MR) is 154 cm³/mol. The van der Waals surface area contributed by atoms with Gasteiger partial charge in [-0.05, 0) is 47.5 Å². The fraction of sp³-hybridized carbons (Fsp3) is 0.133. The molecule has 0 radical (unpaired) electrons. The second kappa shape index (κ2) is 10.8. The first-order valence-corrected chi connectivity index (χ1v) is 13.0. The van der Waals surface area contributed by atoms with E-state index in [-0.39, 0.29) is 10.9 Å². The van der Waals surface area contributed by atoms with Crippen LogP contribution in [0.15, 0.2) is 72.8 Å². The van der Waals surface area contributed by atoms with Gasteiger partial charge in [-0.25, -0.2) is 9.97 Å². The van der Waals surface area contributed by atoms with E-state index in [1.807, 2.05) is 36.4 Å². The number of nitrogens with zero attached hydrogens (tertiary/aromatic N) is 2. The van der Waals surface area contributed by atoms with Crippen LogP contribution in [0.4, 0.5) is 0 Å². The largest absolute Gasteiger partial charge is 0.495 e. The molecule has 6 nitrogen and oxygen atoms in total. The molecule has 9 heteroatoms. The molecule has 5 rings (SSSR count). The van der Waals surface area contributed by atoms with Gasteiger partial charge in [0.2, 0.25) is 5.88 Å². The molecule has 1 aliphatic rings. The minimum atomic E-state index is -1.13. The first-order chi connectivity index (χ1) is 18.9. The smallest absolute Gasteiger partial charge is 0.224 e. The quantitative estimate of drug-likeness (QED) is 0.171. The molecule has 196 valence electrons. The third kappa shape index (κ3) is 4.39. The Hall–Kier alpha value is -3.71. The molecule has 0 aliphatic heterocycles. The van der Waals surface area contributed by atoms with Crippen LogP contribution in [-0.4, -0.2) is 42.1 Å². The van der Waals surface area contributed by atoms with Crippen LogP contribution < -0.4 is 9.47 Å². The standard InChI is InChI=1S/C30H21Cl3N2O4/c1-38-27-18(16-37)14-23(32)26-21(27)10-12-24(34-26)30(25-11-9-17(15-36)29(35-25)39-2)13-5-7-20(28(30)33)19-6-3-4-8-22(19)31/h3-16,28H,1-2H3. The fourth-order valence-electron chi connectivity index (χ4n) is 4.93. The van der Waals surface area contributed by atoms with Crippen molar-refractivity contribution < 1.29 is 19.1 Å². The summed E-state index contributed by atoms with van der Waals surface area (Å²) in [6.07, 6.45) is 7.05. The Morgan fingerprint density at radius 3 is 2.28 bits per heavy atom. The highest BCUT2D eigenvalue weighted by atomic mass is 35.5. The molecule has 2 aromatic carbocycles. The van der Waals surface area contributed by atoms with E-state index in [1.165, 1.54) is 20.3 Å². The zero-order chi connectivity index (χ0) is 27.7. The maximum Gasteiger partial charge on any atom is 0.224 e. The van der Waals surface area contributed by atoms with Crippen molar-refractivity contribution in [3.63, 3.8) is 0 Å². The van der Waals surface area contributed by atoms with Gasteiger partial charge < -0.3 is 9.47 Å². The fourth-order valence-corrected chi connectivity index (χ4v) is 5.93. The van der Waals surface area contributed by atoms with Crippen LogP contribution in [0.25, 0.3) is 16.5 Å². The molecular formula is C30H21Cl3N2O4. The summed E-state index contributed by atoms with van der Waals surface area (Å²) in [5, 5.41) is 0.655. The van der Waals surface area contributed by atoms with E-state index in [2.05, 4.69) is 0 Å². The van der Waals surface area contributed by atoms with E-state index >= 15 is 0 Å². The van der Waals surface area contributed by atoms with Crippen LogP contribution in [0.2, 0.25) is 10.0 Å². The molecule has 1 aliphatic carbocycles. The van der Waals surface area contributed by atoms with E-state index in [1.54, 1.807) is 30.3 Å². The minimum Gasteiger partial charge on any atom is -0.495 e. The first kappa shape index (κ1) is 26.9. The third-order valence-electron chi connectivity index (χ3n) is 6.79. The zero-order valence-electron chi connectivity index (χ0n) is 20.8. The number of alkyl halides is 1. The topological polar surface area (TPSA) is 78.4 Å². The van der Waals surface area contributed by atoms with E-state index < -0.39 is 10.8 Å². The molecule has 2 aromatic heterocycles. The van der Waals surface area contributed by atoms with Gasteiger partial charge in [0.05, 0.1) is 58.1 Å². The molecule has 39 heavy (non-hydrogen) atoms. The van der Waals surface area contributed by atoms with E-state index in [0.717, 1.165) is 11.1 Å². The van der Waals surface area contributed by atoms with Gasteiger partial charge in [0.1, 0.15) is 5.75 Å². The molecule has 0 saturated heterocycles. The van der Waals surface area contributed by atoms with E-state index in [4.69, 9.17) is 54.2 Å². The van der Waals surface area contributed by atoms with Crippen molar-refractivity contribution in [2.24, 2.45) is 0 Å². The Kier molecular flexibility index (Phi) is 7.45. The Morgan fingerprint density at radius 2 is 1.59 bits per heavy atom. The molecule has 0 amide bonds. The number of hydrogen-bond donors (Lipinski definition) is 0. The van der Waals surface area contributed by atoms with Crippen molar-refractivity contribution in [3.8, 4) is 11.6 Å². The second-order valence-electron chi connectivity index (χ2n) is 8.80. The number of pyridine rings is 2. The van der Waals surface area contributed by atoms with Gasteiger partial charge in [-0.2, -0.15) is 0 Å². The van der Waals surface area contributed by atoms with Gasteiger partial charge in [-0.1, -0.05) is 59.6 Å². The van der Waals surface area contributed by atoms with Crippen LogP contribution in [0.1, 0.15) is 37.7 Å². The summed E-state index contributed by atoms with van der Waals surface area (Å²) >= 11 is 20.6. The van der Waals surface area contributed by atoms with Crippen LogP contribution >= 0.6 is 34.8 Å². The number of rotatable bonds is 7. The average Bonchev–Trinajstić information content (AvgIpc) is 2.97. The zero-order valence-corrected chi connectivity index (χ0v) is 23.1. The number of methoxy groups -OCH3 is 2. The summed E-state index contributed by atoms with van der Waals surface area (Å²) in [5.74, 6) is 0.523. The molecule has 0 spiro atoms. The maximum absolute atomic E-state index is 11.6. The summed E-state index contributed by atoms with van der Waals surface area (Å²) in [4.78, 5) is 32.9. The number of carbonyl (C=O) groups is 2.